The maximum Gasteiger partial charge on any atom is 0.182 e. The summed E-state index contributed by atoms with van der Waals surface area (Å²) in [7, 11) is 0. The zero-order valence-corrected chi connectivity index (χ0v) is 8.33. The number of aryl methyl sites for hydroxylation is 1. The molecule has 0 saturated heterocycles. The zero-order valence-electron chi connectivity index (χ0n) is 8.33. The lowest BCUT2D eigenvalue weighted by Gasteiger charge is -2.18. The van der Waals surface area contributed by atoms with Crippen molar-refractivity contribution in [3.8, 4) is 11.5 Å². The van der Waals surface area contributed by atoms with Gasteiger partial charge in [0.05, 0.1) is 5.69 Å². The normalized spacial score (nSPS) is 12.8. The molecule has 0 fully saturated rings. The molecular weight excluding hydrogens is 166 g/mol. The molecule has 2 rings (SSSR count). The lowest BCUT2D eigenvalue weighted by Crippen LogP contribution is -2.16. The fraction of sp³-hybridized carbons (Fsp3) is 0.500. The number of fused-ring (bicyclic) bond motifs is 1. The highest BCUT2D eigenvalue weighted by Gasteiger charge is 2.13. The fourth-order valence-electron chi connectivity index (χ4n) is 1.11. The molecule has 0 radical (unpaired) electrons. The Balaban J connectivity index is 0.000000396. The Morgan fingerprint density at radius 1 is 1.23 bits per heavy atom. The summed E-state index contributed by atoms with van der Waals surface area (Å²) in [5, 5.41) is 0. The predicted octanol–water partition coefficient (Wildman–Crippen LogP) is 2.19. The average Bonchev–Trinajstić information content (AvgIpc) is 2.22. The second-order valence-electron chi connectivity index (χ2n) is 2.42. The van der Waals surface area contributed by atoms with Gasteiger partial charge >= 0.3 is 0 Å². The van der Waals surface area contributed by atoms with E-state index in [0.717, 1.165) is 17.2 Å². The number of hydrogen-bond acceptors (Lipinski definition) is 3. The maximum absolute atomic E-state index is 5.37. The smallest absolute Gasteiger partial charge is 0.182 e. The van der Waals surface area contributed by atoms with Crippen LogP contribution < -0.4 is 9.47 Å². The maximum atomic E-state index is 5.37. The van der Waals surface area contributed by atoms with Crippen LogP contribution in [0.3, 0.4) is 0 Å². The minimum atomic E-state index is 0.625. The monoisotopic (exact) mass is 181 g/mol. The molecule has 0 amide bonds. The molecule has 0 unspecified atom stereocenters. The van der Waals surface area contributed by atoms with Crippen molar-refractivity contribution in [2.75, 3.05) is 13.2 Å². The number of nitrogens with zero attached hydrogens (tertiary/aromatic N) is 1. The quantitative estimate of drug-likeness (QED) is 0.614. The van der Waals surface area contributed by atoms with Crippen LogP contribution in [-0.4, -0.2) is 18.2 Å². The summed E-state index contributed by atoms with van der Waals surface area (Å²) in [6.07, 6.45) is 1.73. The molecule has 13 heavy (non-hydrogen) atoms. The van der Waals surface area contributed by atoms with E-state index in [2.05, 4.69) is 4.98 Å². The van der Waals surface area contributed by atoms with Gasteiger partial charge in [-0.15, -0.1) is 0 Å². The molecule has 1 aromatic rings. The molecule has 0 spiro atoms. The molecule has 1 aliphatic rings. The van der Waals surface area contributed by atoms with Crippen LogP contribution in [0.4, 0.5) is 0 Å². The summed E-state index contributed by atoms with van der Waals surface area (Å²) in [4.78, 5) is 4.09. The molecule has 3 nitrogen and oxygen atoms in total. The molecule has 3 heteroatoms. The molecule has 72 valence electrons. The number of hydrogen-bond donors (Lipinski definition) is 0. The molecule has 0 bridgehead atoms. The van der Waals surface area contributed by atoms with Gasteiger partial charge in [-0.3, -0.25) is 4.98 Å². The third kappa shape index (κ3) is 2.11. The van der Waals surface area contributed by atoms with Gasteiger partial charge in [-0.2, -0.15) is 0 Å². The Labute approximate surface area is 78.7 Å². The second kappa shape index (κ2) is 4.70. The summed E-state index contributed by atoms with van der Waals surface area (Å²) < 4.78 is 10.7. The van der Waals surface area contributed by atoms with Crippen molar-refractivity contribution < 1.29 is 9.47 Å². The summed E-state index contributed by atoms with van der Waals surface area (Å²) in [6, 6.07) is 1.82. The Kier molecular flexibility index (Phi) is 3.55. The number of ether oxygens (including phenoxy) is 2. The molecule has 2 heterocycles. The van der Waals surface area contributed by atoms with Crippen LogP contribution in [-0.2, 0) is 0 Å². The van der Waals surface area contributed by atoms with Crippen molar-refractivity contribution in [1.29, 1.82) is 0 Å². The van der Waals surface area contributed by atoms with Crippen LogP contribution in [0.25, 0.3) is 0 Å². The SMILES string of the molecule is CC.Cc1nccc2c1OCCO2. The summed E-state index contributed by atoms with van der Waals surface area (Å²) in [6.45, 7) is 7.17. The van der Waals surface area contributed by atoms with E-state index in [1.807, 2.05) is 26.8 Å². The first-order valence-electron chi connectivity index (χ1n) is 4.59. The largest absolute Gasteiger partial charge is 0.486 e. The third-order valence-corrected chi connectivity index (χ3v) is 1.63. The highest BCUT2D eigenvalue weighted by Crippen LogP contribution is 2.31. The minimum Gasteiger partial charge on any atom is -0.486 e. The van der Waals surface area contributed by atoms with Gasteiger partial charge in [-0.1, -0.05) is 13.8 Å². The van der Waals surface area contributed by atoms with Crippen molar-refractivity contribution in [2.24, 2.45) is 0 Å². The summed E-state index contributed by atoms with van der Waals surface area (Å²) in [5.74, 6) is 1.60. The molecule has 1 aliphatic heterocycles. The van der Waals surface area contributed by atoms with Crippen molar-refractivity contribution in [3.05, 3.63) is 18.0 Å². The summed E-state index contributed by atoms with van der Waals surface area (Å²) >= 11 is 0. The highest BCUT2D eigenvalue weighted by atomic mass is 16.6. The van der Waals surface area contributed by atoms with Crippen LogP contribution in [0, 0.1) is 6.92 Å². The standard InChI is InChI=1S/C8H9NO2.C2H6/c1-6-8-7(2-3-9-6)10-4-5-11-8;1-2/h2-3H,4-5H2,1H3;1-2H3. The van der Waals surface area contributed by atoms with Gasteiger partial charge in [-0.05, 0) is 6.92 Å². The van der Waals surface area contributed by atoms with E-state index >= 15 is 0 Å². The van der Waals surface area contributed by atoms with E-state index in [1.54, 1.807) is 6.20 Å². The summed E-state index contributed by atoms with van der Waals surface area (Å²) in [5.41, 5.74) is 0.891. The Hall–Kier alpha value is -1.25. The van der Waals surface area contributed by atoms with Crippen LogP contribution in [0.15, 0.2) is 12.3 Å². The fourth-order valence-corrected chi connectivity index (χ4v) is 1.11. The van der Waals surface area contributed by atoms with E-state index in [1.165, 1.54) is 0 Å². The lowest BCUT2D eigenvalue weighted by atomic mass is 10.3. The molecule has 0 N–H and O–H groups in total. The van der Waals surface area contributed by atoms with Crippen molar-refractivity contribution in [3.63, 3.8) is 0 Å². The van der Waals surface area contributed by atoms with Crippen LogP contribution in [0.1, 0.15) is 19.5 Å². The molecule has 0 saturated carbocycles. The minimum absolute atomic E-state index is 0.625. The number of aromatic nitrogens is 1. The van der Waals surface area contributed by atoms with Crippen LogP contribution >= 0.6 is 0 Å². The Morgan fingerprint density at radius 3 is 2.62 bits per heavy atom. The van der Waals surface area contributed by atoms with Crippen molar-refractivity contribution in [2.45, 2.75) is 20.8 Å². The second-order valence-corrected chi connectivity index (χ2v) is 2.42. The van der Waals surface area contributed by atoms with Gasteiger partial charge in [0.25, 0.3) is 0 Å². The molecular formula is C10H15NO2. The van der Waals surface area contributed by atoms with Crippen LogP contribution in [0.2, 0.25) is 0 Å². The number of rotatable bonds is 0. The highest BCUT2D eigenvalue weighted by molar-refractivity contribution is 5.42. The number of pyridine rings is 1. The Bertz CT molecular complexity index is 274. The van der Waals surface area contributed by atoms with Gasteiger partial charge in [0.1, 0.15) is 13.2 Å². The topological polar surface area (TPSA) is 31.4 Å². The van der Waals surface area contributed by atoms with Gasteiger partial charge < -0.3 is 9.47 Å². The Morgan fingerprint density at radius 2 is 1.92 bits per heavy atom. The van der Waals surface area contributed by atoms with E-state index in [9.17, 15) is 0 Å². The van der Waals surface area contributed by atoms with E-state index < -0.39 is 0 Å². The van der Waals surface area contributed by atoms with E-state index in [-0.39, 0.29) is 0 Å². The molecule has 0 aromatic carbocycles. The van der Waals surface area contributed by atoms with Gasteiger partial charge in [0, 0.05) is 12.3 Å². The predicted molar refractivity (Wildman–Crippen MR) is 51.3 cm³/mol. The van der Waals surface area contributed by atoms with Crippen molar-refractivity contribution >= 4 is 0 Å². The lowest BCUT2D eigenvalue weighted by molar-refractivity contribution is 0.169. The van der Waals surface area contributed by atoms with Gasteiger partial charge in [0.2, 0.25) is 0 Å². The zero-order chi connectivity index (χ0) is 9.68. The molecule has 1 aromatic heterocycles. The molecule has 0 atom stereocenters. The van der Waals surface area contributed by atoms with E-state index in [0.29, 0.717) is 13.2 Å². The van der Waals surface area contributed by atoms with Gasteiger partial charge in [0.15, 0.2) is 11.5 Å². The first-order chi connectivity index (χ1) is 6.38. The van der Waals surface area contributed by atoms with E-state index in [4.69, 9.17) is 9.47 Å². The van der Waals surface area contributed by atoms with Gasteiger partial charge in [-0.25, -0.2) is 0 Å². The first kappa shape index (κ1) is 9.84. The molecule has 0 aliphatic carbocycles. The van der Waals surface area contributed by atoms with Crippen LogP contribution in [0.5, 0.6) is 11.5 Å². The van der Waals surface area contributed by atoms with Crippen molar-refractivity contribution in [1.82, 2.24) is 4.98 Å². The first-order valence-corrected chi connectivity index (χ1v) is 4.59. The third-order valence-electron chi connectivity index (χ3n) is 1.63. The average molecular weight is 181 g/mol.